The summed E-state index contributed by atoms with van der Waals surface area (Å²) in [6.07, 6.45) is 2.11. The number of carboxylic acids is 1. The van der Waals surface area contributed by atoms with Crippen molar-refractivity contribution < 1.29 is 14.7 Å². The molecule has 0 saturated carbocycles. The van der Waals surface area contributed by atoms with Crippen molar-refractivity contribution in [2.75, 3.05) is 6.54 Å². The van der Waals surface area contributed by atoms with Crippen LogP contribution in [-0.4, -0.2) is 28.5 Å². The van der Waals surface area contributed by atoms with Crippen molar-refractivity contribution in [2.24, 2.45) is 5.92 Å². The number of rotatable bonds is 8. The summed E-state index contributed by atoms with van der Waals surface area (Å²) in [5.41, 5.74) is 1.04. The zero-order valence-corrected chi connectivity index (χ0v) is 12.1. The van der Waals surface area contributed by atoms with Crippen LogP contribution in [0.5, 0.6) is 0 Å². The van der Waals surface area contributed by atoms with Gasteiger partial charge in [-0.25, -0.2) is 4.98 Å². The van der Waals surface area contributed by atoms with Crippen molar-refractivity contribution in [3.05, 3.63) is 16.1 Å². The second kappa shape index (κ2) is 7.89. The highest BCUT2D eigenvalue weighted by molar-refractivity contribution is 7.09. The molecule has 0 radical (unpaired) electrons. The number of hydrogen-bond donors (Lipinski definition) is 2. The van der Waals surface area contributed by atoms with Crippen molar-refractivity contribution in [3.63, 3.8) is 0 Å². The highest BCUT2D eigenvalue weighted by Crippen LogP contribution is 2.10. The molecule has 2 N–H and O–H groups in total. The number of carbonyl (C=O) groups is 2. The van der Waals surface area contributed by atoms with Crippen LogP contribution >= 0.6 is 11.3 Å². The molecule has 1 amide bonds. The molecule has 0 fully saturated rings. The predicted octanol–water partition coefficient (Wildman–Crippen LogP) is 2.00. The Morgan fingerprint density at radius 2 is 2.26 bits per heavy atom. The molecule has 106 valence electrons. The predicted molar refractivity (Wildman–Crippen MR) is 74.2 cm³/mol. The van der Waals surface area contributed by atoms with Crippen LogP contribution in [0.4, 0.5) is 0 Å². The quantitative estimate of drug-likeness (QED) is 0.765. The minimum atomic E-state index is -0.833. The lowest BCUT2D eigenvalue weighted by atomic mass is 10.1. The Morgan fingerprint density at radius 3 is 2.84 bits per heavy atom. The lowest BCUT2D eigenvalue weighted by molar-refractivity contribution is -0.138. The van der Waals surface area contributed by atoms with E-state index in [2.05, 4.69) is 10.3 Å². The molecule has 0 aromatic carbocycles. The first kappa shape index (κ1) is 15.6. The maximum atomic E-state index is 11.6. The Bertz CT molecular complexity index is 431. The molecule has 0 aliphatic heterocycles. The molecule has 5 nitrogen and oxygen atoms in total. The normalized spacial score (nSPS) is 12.1. The van der Waals surface area contributed by atoms with Gasteiger partial charge >= 0.3 is 5.97 Å². The van der Waals surface area contributed by atoms with Crippen molar-refractivity contribution >= 4 is 23.2 Å². The third-order valence-corrected chi connectivity index (χ3v) is 3.50. The number of carboxylic acid groups (broad SMARTS) is 1. The summed E-state index contributed by atoms with van der Waals surface area (Å²) in [5.74, 6) is -0.896. The first-order valence-electron chi connectivity index (χ1n) is 6.37. The van der Waals surface area contributed by atoms with Gasteiger partial charge in [0.05, 0.1) is 10.7 Å². The molecule has 1 rings (SSSR count). The van der Waals surface area contributed by atoms with Crippen LogP contribution in [0.1, 0.15) is 36.9 Å². The van der Waals surface area contributed by atoms with Gasteiger partial charge < -0.3 is 10.4 Å². The minimum Gasteiger partial charge on any atom is -0.481 e. The molecule has 1 heterocycles. The maximum Gasteiger partial charge on any atom is 0.303 e. The molecule has 6 heteroatoms. The van der Waals surface area contributed by atoms with E-state index in [9.17, 15) is 9.59 Å². The van der Waals surface area contributed by atoms with Crippen LogP contribution in [-0.2, 0) is 16.0 Å². The van der Waals surface area contributed by atoms with Crippen molar-refractivity contribution in [2.45, 2.75) is 39.5 Å². The molecule has 1 unspecified atom stereocenters. The highest BCUT2D eigenvalue weighted by Gasteiger charge is 2.09. The zero-order chi connectivity index (χ0) is 14.3. The third-order valence-electron chi connectivity index (χ3n) is 2.67. The van der Waals surface area contributed by atoms with Crippen LogP contribution in [0, 0.1) is 12.8 Å². The summed E-state index contributed by atoms with van der Waals surface area (Å²) in [6.45, 7) is 4.19. The van der Waals surface area contributed by atoms with Crippen LogP contribution < -0.4 is 5.32 Å². The Balaban J connectivity index is 2.12. The number of nitrogens with zero attached hydrogens (tertiary/aromatic N) is 1. The number of aryl methyl sites for hydroxylation is 2. The molecule has 0 spiro atoms. The molecule has 1 aromatic rings. The van der Waals surface area contributed by atoms with Gasteiger partial charge in [0.15, 0.2) is 0 Å². The second-order valence-corrected chi connectivity index (χ2v) is 5.78. The molecule has 0 aliphatic rings. The average Bonchev–Trinajstić information content (AvgIpc) is 2.71. The number of aliphatic carboxylic acids is 1. The van der Waals surface area contributed by atoms with E-state index in [4.69, 9.17) is 5.11 Å². The summed E-state index contributed by atoms with van der Waals surface area (Å²) in [5, 5.41) is 14.4. The average molecular weight is 284 g/mol. The fourth-order valence-electron chi connectivity index (χ4n) is 1.70. The molecule has 19 heavy (non-hydrogen) atoms. The van der Waals surface area contributed by atoms with Crippen molar-refractivity contribution in [1.82, 2.24) is 10.3 Å². The van der Waals surface area contributed by atoms with Gasteiger partial charge in [0.25, 0.3) is 0 Å². The topological polar surface area (TPSA) is 79.3 Å². The number of aromatic nitrogens is 1. The van der Waals surface area contributed by atoms with E-state index in [1.54, 1.807) is 11.3 Å². The van der Waals surface area contributed by atoms with Crippen molar-refractivity contribution in [1.29, 1.82) is 0 Å². The molecular formula is C13H20N2O3S. The van der Waals surface area contributed by atoms with E-state index in [0.717, 1.165) is 23.5 Å². The van der Waals surface area contributed by atoms with Crippen LogP contribution in [0.3, 0.4) is 0 Å². The molecular weight excluding hydrogens is 264 g/mol. The maximum absolute atomic E-state index is 11.6. The largest absolute Gasteiger partial charge is 0.481 e. The van der Waals surface area contributed by atoms with E-state index in [1.165, 1.54) is 0 Å². The van der Waals surface area contributed by atoms with E-state index >= 15 is 0 Å². The standard InChI is InChI=1S/C13H20N2O3S/c1-9(6-13(17)18)7-14-12(16)5-3-4-11-8-19-10(2)15-11/h8-9H,3-7H2,1-2H3,(H,14,16)(H,17,18). The van der Waals surface area contributed by atoms with Gasteiger partial charge in [0.2, 0.25) is 5.91 Å². The summed E-state index contributed by atoms with van der Waals surface area (Å²) in [6, 6.07) is 0. The number of nitrogens with one attached hydrogen (secondary N) is 1. The Kier molecular flexibility index (Phi) is 6.49. The van der Waals surface area contributed by atoms with Gasteiger partial charge in [-0.1, -0.05) is 6.92 Å². The fraction of sp³-hybridized carbons (Fsp3) is 0.615. The van der Waals surface area contributed by atoms with Gasteiger partial charge in [-0.15, -0.1) is 11.3 Å². The summed E-state index contributed by atoms with van der Waals surface area (Å²) in [7, 11) is 0. The number of amides is 1. The van der Waals surface area contributed by atoms with Gasteiger partial charge in [-0.05, 0) is 25.7 Å². The fourth-order valence-corrected chi connectivity index (χ4v) is 2.35. The molecule has 0 saturated heterocycles. The summed E-state index contributed by atoms with van der Waals surface area (Å²) >= 11 is 1.62. The number of hydrogen-bond acceptors (Lipinski definition) is 4. The first-order chi connectivity index (χ1) is 8.97. The van der Waals surface area contributed by atoms with Crippen LogP contribution in [0.25, 0.3) is 0 Å². The number of thiazole rings is 1. The van der Waals surface area contributed by atoms with Gasteiger partial charge in [0, 0.05) is 24.8 Å². The van der Waals surface area contributed by atoms with Crippen LogP contribution in [0.15, 0.2) is 5.38 Å². The van der Waals surface area contributed by atoms with Crippen molar-refractivity contribution in [3.8, 4) is 0 Å². The van der Waals surface area contributed by atoms with Gasteiger partial charge in [-0.3, -0.25) is 9.59 Å². The molecule has 0 aliphatic carbocycles. The van der Waals surface area contributed by atoms with E-state index in [0.29, 0.717) is 13.0 Å². The van der Waals surface area contributed by atoms with E-state index in [-0.39, 0.29) is 18.2 Å². The van der Waals surface area contributed by atoms with Crippen LogP contribution in [0.2, 0.25) is 0 Å². The van der Waals surface area contributed by atoms with Gasteiger partial charge in [-0.2, -0.15) is 0 Å². The third kappa shape index (κ3) is 6.91. The lowest BCUT2D eigenvalue weighted by Crippen LogP contribution is -2.29. The Labute approximate surface area is 117 Å². The SMILES string of the molecule is Cc1nc(CCCC(=O)NCC(C)CC(=O)O)cs1. The Morgan fingerprint density at radius 1 is 1.53 bits per heavy atom. The Hall–Kier alpha value is -1.43. The summed E-state index contributed by atoms with van der Waals surface area (Å²) < 4.78 is 0. The van der Waals surface area contributed by atoms with E-state index in [1.807, 2.05) is 19.2 Å². The van der Waals surface area contributed by atoms with E-state index < -0.39 is 5.97 Å². The molecule has 1 atom stereocenters. The van der Waals surface area contributed by atoms with Gasteiger partial charge in [0.1, 0.15) is 0 Å². The first-order valence-corrected chi connectivity index (χ1v) is 7.25. The monoisotopic (exact) mass is 284 g/mol. The second-order valence-electron chi connectivity index (χ2n) is 4.72. The number of carbonyl (C=O) groups excluding carboxylic acids is 1. The molecule has 1 aromatic heterocycles. The minimum absolute atomic E-state index is 0.0239. The highest BCUT2D eigenvalue weighted by atomic mass is 32.1. The molecule has 0 bridgehead atoms. The zero-order valence-electron chi connectivity index (χ0n) is 11.3. The lowest BCUT2D eigenvalue weighted by Gasteiger charge is -2.10. The smallest absolute Gasteiger partial charge is 0.303 e. The summed E-state index contributed by atoms with van der Waals surface area (Å²) in [4.78, 5) is 26.4.